The molecule has 0 spiro atoms. The van der Waals surface area contributed by atoms with Gasteiger partial charge in [-0.15, -0.1) is 0 Å². The van der Waals surface area contributed by atoms with E-state index in [-0.39, 0.29) is 18.6 Å². The van der Waals surface area contributed by atoms with Crippen LogP contribution in [0.2, 0.25) is 0 Å². The van der Waals surface area contributed by atoms with Gasteiger partial charge in [0, 0.05) is 25.4 Å². The number of ether oxygens (including phenoxy) is 1. The average Bonchev–Trinajstić information content (AvgIpc) is 3.02. The summed E-state index contributed by atoms with van der Waals surface area (Å²) < 4.78 is 7.53. The maximum absolute atomic E-state index is 13.4. The molecule has 0 saturated carbocycles. The Labute approximate surface area is 148 Å². The molecule has 2 aromatic heterocycles. The highest BCUT2D eigenvalue weighted by molar-refractivity contribution is 5.95. The van der Waals surface area contributed by atoms with Gasteiger partial charge in [-0.25, -0.2) is 4.98 Å². The number of hydrogen-bond acceptors (Lipinski definition) is 4. The van der Waals surface area contributed by atoms with Crippen LogP contribution in [-0.2, 0) is 6.42 Å². The van der Waals surface area contributed by atoms with Crippen molar-refractivity contribution >= 4 is 11.6 Å². The molecule has 1 N–H and O–H groups in total. The van der Waals surface area contributed by atoms with Crippen LogP contribution in [0, 0.1) is 0 Å². The number of aliphatic hydroxyl groups is 1. The predicted molar refractivity (Wildman–Crippen MR) is 96.1 cm³/mol. The van der Waals surface area contributed by atoms with Crippen LogP contribution in [0.25, 0.3) is 5.65 Å². The Morgan fingerprint density at radius 3 is 2.96 bits per heavy atom. The van der Waals surface area contributed by atoms with Gasteiger partial charge in [0.25, 0.3) is 5.91 Å². The molecule has 0 bridgehead atoms. The van der Waals surface area contributed by atoms with Gasteiger partial charge in [0.05, 0.1) is 12.3 Å². The standard InChI is InChI=1S/C19H27N3O3/c1-3-15-17(19(24)21-11-6-5-8-14(21)10-13-23)22-12-7-9-16(25-4-2)18(22)20-15/h7,9,12,14,23H,3-6,8,10-11,13H2,1-2H3. The maximum atomic E-state index is 13.4. The zero-order valence-corrected chi connectivity index (χ0v) is 15.1. The summed E-state index contributed by atoms with van der Waals surface area (Å²) in [5.74, 6) is 0.709. The van der Waals surface area contributed by atoms with E-state index in [9.17, 15) is 9.90 Å². The van der Waals surface area contributed by atoms with Gasteiger partial charge in [-0.05, 0) is 51.2 Å². The molecule has 1 fully saturated rings. The third kappa shape index (κ3) is 3.35. The Bertz CT molecular complexity index is 739. The molecule has 1 aliphatic rings. The summed E-state index contributed by atoms with van der Waals surface area (Å²) in [6.45, 7) is 5.36. The molecule has 1 atom stereocenters. The molecule has 3 rings (SSSR count). The van der Waals surface area contributed by atoms with Crippen molar-refractivity contribution in [3.63, 3.8) is 0 Å². The summed E-state index contributed by atoms with van der Waals surface area (Å²) in [6, 6.07) is 3.88. The van der Waals surface area contributed by atoms with Gasteiger partial charge in [-0.3, -0.25) is 9.20 Å². The second-order valence-electron chi connectivity index (χ2n) is 6.42. The zero-order chi connectivity index (χ0) is 17.8. The molecule has 1 aliphatic heterocycles. The number of piperidine rings is 1. The number of imidazole rings is 1. The Morgan fingerprint density at radius 1 is 1.40 bits per heavy atom. The number of hydrogen-bond donors (Lipinski definition) is 1. The molecular formula is C19H27N3O3. The van der Waals surface area contributed by atoms with Gasteiger partial charge in [-0.1, -0.05) is 6.92 Å². The van der Waals surface area contributed by atoms with E-state index >= 15 is 0 Å². The lowest BCUT2D eigenvalue weighted by atomic mass is 9.99. The van der Waals surface area contributed by atoms with Crippen LogP contribution in [0.15, 0.2) is 18.3 Å². The number of carbonyl (C=O) groups excluding carboxylic acids is 1. The minimum Gasteiger partial charge on any atom is -0.490 e. The molecular weight excluding hydrogens is 318 g/mol. The van der Waals surface area contributed by atoms with E-state index in [0.29, 0.717) is 36.5 Å². The van der Waals surface area contributed by atoms with E-state index in [1.54, 1.807) is 0 Å². The first-order valence-corrected chi connectivity index (χ1v) is 9.25. The number of likely N-dealkylation sites (tertiary alicyclic amines) is 1. The summed E-state index contributed by atoms with van der Waals surface area (Å²) in [4.78, 5) is 20.0. The number of amides is 1. The molecule has 0 aliphatic carbocycles. The highest BCUT2D eigenvalue weighted by Crippen LogP contribution is 2.27. The van der Waals surface area contributed by atoms with Crippen LogP contribution in [-0.4, -0.2) is 51.1 Å². The lowest BCUT2D eigenvalue weighted by molar-refractivity contribution is 0.0566. The van der Waals surface area contributed by atoms with E-state index in [1.807, 2.05) is 41.5 Å². The zero-order valence-electron chi connectivity index (χ0n) is 15.1. The number of carbonyl (C=O) groups is 1. The van der Waals surface area contributed by atoms with Gasteiger partial charge < -0.3 is 14.7 Å². The topological polar surface area (TPSA) is 67.1 Å². The first kappa shape index (κ1) is 17.7. The number of pyridine rings is 1. The minimum atomic E-state index is 0.0103. The second-order valence-corrected chi connectivity index (χ2v) is 6.42. The highest BCUT2D eigenvalue weighted by Gasteiger charge is 2.31. The van der Waals surface area contributed by atoms with Crippen molar-refractivity contribution in [2.45, 2.75) is 52.0 Å². The number of rotatable bonds is 6. The smallest absolute Gasteiger partial charge is 0.273 e. The SMILES string of the molecule is CCOc1cccn2c(C(=O)N3CCCCC3CCO)c(CC)nc12. The van der Waals surface area contributed by atoms with Crippen molar-refractivity contribution in [2.24, 2.45) is 0 Å². The van der Waals surface area contributed by atoms with Crippen molar-refractivity contribution in [1.29, 1.82) is 0 Å². The number of aromatic nitrogens is 2. The molecule has 0 radical (unpaired) electrons. The van der Waals surface area contributed by atoms with Crippen LogP contribution in [0.1, 0.15) is 55.7 Å². The lowest BCUT2D eigenvalue weighted by Gasteiger charge is -2.35. The van der Waals surface area contributed by atoms with E-state index in [2.05, 4.69) is 4.98 Å². The highest BCUT2D eigenvalue weighted by atomic mass is 16.5. The van der Waals surface area contributed by atoms with Crippen LogP contribution in [0.5, 0.6) is 5.75 Å². The molecule has 0 aromatic carbocycles. The Morgan fingerprint density at radius 2 is 2.24 bits per heavy atom. The van der Waals surface area contributed by atoms with Crippen LogP contribution < -0.4 is 4.74 Å². The van der Waals surface area contributed by atoms with Gasteiger partial charge in [0.2, 0.25) is 0 Å². The monoisotopic (exact) mass is 345 g/mol. The van der Waals surface area contributed by atoms with Crippen molar-refractivity contribution in [1.82, 2.24) is 14.3 Å². The summed E-state index contributed by atoms with van der Waals surface area (Å²) in [5, 5.41) is 9.34. The Balaban J connectivity index is 2.04. The fraction of sp³-hybridized carbons (Fsp3) is 0.579. The Kier molecular flexibility index (Phi) is 5.58. The van der Waals surface area contributed by atoms with Crippen molar-refractivity contribution < 1.29 is 14.6 Å². The molecule has 1 unspecified atom stereocenters. The molecule has 25 heavy (non-hydrogen) atoms. The van der Waals surface area contributed by atoms with Crippen molar-refractivity contribution in [3.05, 3.63) is 29.7 Å². The van der Waals surface area contributed by atoms with Crippen LogP contribution in [0.3, 0.4) is 0 Å². The Hall–Kier alpha value is -2.08. The van der Waals surface area contributed by atoms with Crippen molar-refractivity contribution in [2.75, 3.05) is 19.8 Å². The average molecular weight is 345 g/mol. The third-order valence-electron chi connectivity index (χ3n) is 4.87. The van der Waals surface area contributed by atoms with E-state index < -0.39 is 0 Å². The molecule has 136 valence electrons. The van der Waals surface area contributed by atoms with Crippen molar-refractivity contribution in [3.8, 4) is 5.75 Å². The third-order valence-corrected chi connectivity index (χ3v) is 4.87. The molecule has 3 heterocycles. The summed E-state index contributed by atoms with van der Waals surface area (Å²) >= 11 is 0. The van der Waals surface area contributed by atoms with Gasteiger partial charge in [-0.2, -0.15) is 0 Å². The van der Waals surface area contributed by atoms with Gasteiger partial charge >= 0.3 is 0 Å². The molecule has 1 saturated heterocycles. The second kappa shape index (κ2) is 7.87. The van der Waals surface area contributed by atoms with E-state index in [4.69, 9.17) is 4.74 Å². The fourth-order valence-electron chi connectivity index (χ4n) is 3.68. The normalized spacial score (nSPS) is 17.9. The number of aliphatic hydroxyl groups excluding tert-OH is 1. The first-order valence-electron chi connectivity index (χ1n) is 9.25. The summed E-state index contributed by atoms with van der Waals surface area (Å²) in [5.41, 5.74) is 2.12. The number of aryl methyl sites for hydroxylation is 1. The van der Waals surface area contributed by atoms with Gasteiger partial charge in [0.15, 0.2) is 11.4 Å². The molecule has 1 amide bonds. The predicted octanol–water partition coefficient (Wildman–Crippen LogP) is 2.67. The fourth-order valence-corrected chi connectivity index (χ4v) is 3.68. The molecule has 6 nitrogen and oxygen atoms in total. The summed E-state index contributed by atoms with van der Waals surface area (Å²) in [7, 11) is 0. The van der Waals surface area contributed by atoms with Crippen LogP contribution in [0.4, 0.5) is 0 Å². The van der Waals surface area contributed by atoms with Gasteiger partial charge in [0.1, 0.15) is 5.69 Å². The van der Waals surface area contributed by atoms with E-state index in [0.717, 1.165) is 31.5 Å². The molecule has 2 aromatic rings. The van der Waals surface area contributed by atoms with Crippen LogP contribution >= 0.6 is 0 Å². The number of fused-ring (bicyclic) bond motifs is 1. The van der Waals surface area contributed by atoms with E-state index in [1.165, 1.54) is 0 Å². The summed E-state index contributed by atoms with van der Waals surface area (Å²) in [6.07, 6.45) is 6.27. The lowest BCUT2D eigenvalue weighted by Crippen LogP contribution is -2.44. The maximum Gasteiger partial charge on any atom is 0.273 e. The quantitative estimate of drug-likeness (QED) is 0.874. The number of nitrogens with zero attached hydrogens (tertiary/aromatic N) is 3. The molecule has 6 heteroatoms. The largest absolute Gasteiger partial charge is 0.490 e. The minimum absolute atomic E-state index is 0.0103. The first-order chi connectivity index (χ1) is 12.2.